The van der Waals surface area contributed by atoms with E-state index in [1.54, 1.807) is 36.4 Å². The zero-order valence-electron chi connectivity index (χ0n) is 17.0. The van der Waals surface area contributed by atoms with Gasteiger partial charge in [0, 0.05) is 15.6 Å². The Balaban J connectivity index is 1.57. The van der Waals surface area contributed by atoms with E-state index in [0.29, 0.717) is 21.2 Å². The van der Waals surface area contributed by atoms with Gasteiger partial charge in [0.15, 0.2) is 17.2 Å². The van der Waals surface area contributed by atoms with E-state index in [9.17, 15) is 9.59 Å². The number of ether oxygens (including phenoxy) is 3. The van der Waals surface area contributed by atoms with Crippen LogP contribution in [-0.4, -0.2) is 24.9 Å². The molecule has 0 saturated heterocycles. The van der Waals surface area contributed by atoms with Crippen LogP contribution in [0.15, 0.2) is 71.4 Å². The molecule has 1 aliphatic heterocycles. The van der Waals surface area contributed by atoms with Crippen LogP contribution in [0.3, 0.4) is 0 Å². The Morgan fingerprint density at radius 1 is 0.939 bits per heavy atom. The summed E-state index contributed by atoms with van der Waals surface area (Å²) >= 11 is 17.8. The van der Waals surface area contributed by atoms with Crippen molar-refractivity contribution in [2.45, 2.75) is 0 Å². The molecule has 0 unspecified atom stereocenters. The third-order valence-corrected chi connectivity index (χ3v) is 5.36. The lowest BCUT2D eigenvalue weighted by Crippen LogP contribution is -2.10. The number of methoxy groups -OCH3 is 1. The first-order chi connectivity index (χ1) is 15.8. The maximum absolute atomic E-state index is 12.5. The van der Waals surface area contributed by atoms with Crippen LogP contribution in [0.2, 0.25) is 15.1 Å². The summed E-state index contributed by atoms with van der Waals surface area (Å²) < 4.78 is 16.0. The van der Waals surface area contributed by atoms with E-state index in [4.69, 9.17) is 49.0 Å². The minimum absolute atomic E-state index is 0.111. The van der Waals surface area contributed by atoms with Crippen LogP contribution in [0, 0.1) is 0 Å². The fourth-order valence-corrected chi connectivity index (χ4v) is 3.56. The summed E-state index contributed by atoms with van der Waals surface area (Å²) in [5.41, 5.74) is 1.48. The molecule has 33 heavy (non-hydrogen) atoms. The van der Waals surface area contributed by atoms with E-state index in [-0.39, 0.29) is 33.7 Å². The molecule has 0 amide bonds. The van der Waals surface area contributed by atoms with Gasteiger partial charge >= 0.3 is 11.9 Å². The second kappa shape index (κ2) is 9.67. The highest BCUT2D eigenvalue weighted by molar-refractivity contribution is 6.36. The van der Waals surface area contributed by atoms with Gasteiger partial charge in [-0.25, -0.2) is 14.6 Å². The van der Waals surface area contributed by atoms with Crippen molar-refractivity contribution in [3.05, 3.63) is 98.1 Å². The highest BCUT2D eigenvalue weighted by Crippen LogP contribution is 2.31. The van der Waals surface area contributed by atoms with Crippen molar-refractivity contribution >= 4 is 58.7 Å². The summed E-state index contributed by atoms with van der Waals surface area (Å²) in [5, 5.41) is 1.13. The van der Waals surface area contributed by atoms with E-state index >= 15 is 0 Å². The second-order valence-electron chi connectivity index (χ2n) is 6.77. The van der Waals surface area contributed by atoms with Gasteiger partial charge in [-0.2, -0.15) is 0 Å². The lowest BCUT2D eigenvalue weighted by atomic mass is 10.1. The van der Waals surface area contributed by atoms with Crippen molar-refractivity contribution in [2.24, 2.45) is 4.99 Å². The summed E-state index contributed by atoms with van der Waals surface area (Å²) in [4.78, 5) is 29.0. The quantitative estimate of drug-likeness (QED) is 0.235. The first-order valence-corrected chi connectivity index (χ1v) is 10.6. The predicted molar refractivity (Wildman–Crippen MR) is 126 cm³/mol. The second-order valence-corrected chi connectivity index (χ2v) is 8.05. The van der Waals surface area contributed by atoms with Gasteiger partial charge in [0.05, 0.1) is 17.7 Å². The van der Waals surface area contributed by atoms with Crippen LogP contribution in [-0.2, 0) is 9.53 Å². The van der Waals surface area contributed by atoms with E-state index in [0.717, 1.165) is 0 Å². The van der Waals surface area contributed by atoms with E-state index in [1.807, 2.05) is 0 Å². The fourth-order valence-electron chi connectivity index (χ4n) is 2.95. The molecule has 0 fully saturated rings. The first-order valence-electron chi connectivity index (χ1n) is 9.48. The van der Waals surface area contributed by atoms with Gasteiger partial charge in [0.25, 0.3) is 0 Å². The number of halogens is 3. The lowest BCUT2D eigenvalue weighted by Gasteiger charge is -2.11. The molecule has 9 heteroatoms. The van der Waals surface area contributed by atoms with Crippen LogP contribution >= 0.6 is 34.8 Å². The van der Waals surface area contributed by atoms with Gasteiger partial charge in [0.2, 0.25) is 5.90 Å². The van der Waals surface area contributed by atoms with Gasteiger partial charge in [0.1, 0.15) is 0 Å². The molecule has 0 saturated carbocycles. The van der Waals surface area contributed by atoms with E-state index in [2.05, 4.69) is 4.99 Å². The molecule has 4 rings (SSSR count). The highest BCUT2D eigenvalue weighted by atomic mass is 35.5. The van der Waals surface area contributed by atoms with Gasteiger partial charge in [-0.05, 0) is 66.2 Å². The normalized spacial score (nSPS) is 14.1. The largest absolute Gasteiger partial charge is 0.493 e. The number of aliphatic imine (C=N–C) groups is 1. The Morgan fingerprint density at radius 3 is 2.36 bits per heavy atom. The molecule has 0 aromatic heterocycles. The van der Waals surface area contributed by atoms with Crippen molar-refractivity contribution in [1.29, 1.82) is 0 Å². The van der Waals surface area contributed by atoms with Gasteiger partial charge in [-0.3, -0.25) is 0 Å². The Morgan fingerprint density at radius 2 is 1.67 bits per heavy atom. The molecule has 1 heterocycles. The molecule has 0 bridgehead atoms. The molecule has 3 aromatic rings. The topological polar surface area (TPSA) is 74.2 Å². The first kappa shape index (κ1) is 22.9. The Bertz CT molecular complexity index is 1320. The molecule has 0 atom stereocenters. The van der Waals surface area contributed by atoms with E-state index in [1.165, 1.54) is 37.5 Å². The van der Waals surface area contributed by atoms with Crippen molar-refractivity contribution < 1.29 is 23.8 Å². The lowest BCUT2D eigenvalue weighted by molar-refractivity contribution is -0.129. The average molecular weight is 503 g/mol. The monoisotopic (exact) mass is 501 g/mol. The summed E-state index contributed by atoms with van der Waals surface area (Å²) in [5.74, 6) is -0.629. The molecular weight excluding hydrogens is 489 g/mol. The molecule has 0 aliphatic carbocycles. The number of hydrogen-bond donors (Lipinski definition) is 0. The molecule has 3 aromatic carbocycles. The molecule has 6 nitrogen and oxygen atoms in total. The van der Waals surface area contributed by atoms with Crippen LogP contribution in [0.25, 0.3) is 6.08 Å². The minimum Gasteiger partial charge on any atom is -0.493 e. The molecular formula is C24H14Cl3NO5. The summed E-state index contributed by atoms with van der Waals surface area (Å²) in [6.07, 6.45) is 1.54. The van der Waals surface area contributed by atoms with Crippen LogP contribution in [0.1, 0.15) is 21.5 Å². The average Bonchev–Trinajstić information content (AvgIpc) is 3.15. The number of rotatable bonds is 5. The number of hydrogen-bond acceptors (Lipinski definition) is 6. The van der Waals surface area contributed by atoms with Crippen molar-refractivity contribution in [1.82, 2.24) is 0 Å². The maximum Gasteiger partial charge on any atom is 0.363 e. The van der Waals surface area contributed by atoms with Crippen LogP contribution < -0.4 is 9.47 Å². The summed E-state index contributed by atoms with van der Waals surface area (Å²) in [7, 11) is 1.43. The van der Waals surface area contributed by atoms with Crippen molar-refractivity contribution in [2.75, 3.05) is 7.11 Å². The Kier molecular flexibility index (Phi) is 6.70. The molecule has 166 valence electrons. The van der Waals surface area contributed by atoms with Crippen LogP contribution in [0.4, 0.5) is 0 Å². The SMILES string of the molecule is COc1cc(/C=C2\N=C(c3ccc(Cl)cc3)OC2=O)ccc1OC(=O)c1ccc(Cl)cc1Cl. The third-order valence-electron chi connectivity index (χ3n) is 4.56. The number of esters is 2. The van der Waals surface area contributed by atoms with Gasteiger partial charge in [-0.1, -0.05) is 40.9 Å². The van der Waals surface area contributed by atoms with Crippen LogP contribution in [0.5, 0.6) is 11.5 Å². The Hall–Kier alpha value is -3.32. The number of benzene rings is 3. The standard InChI is InChI=1S/C24H14Cl3NO5/c1-31-21-11-13(2-9-20(21)32-23(29)17-8-7-16(26)12-18(17)27)10-19-24(30)33-22(28-19)14-3-5-15(25)6-4-14/h2-12H,1H3/b19-10-. The molecule has 0 radical (unpaired) electrons. The maximum atomic E-state index is 12.5. The van der Waals surface area contributed by atoms with E-state index < -0.39 is 11.9 Å². The summed E-state index contributed by atoms with van der Waals surface area (Å²) in [6, 6.07) is 16.0. The smallest absolute Gasteiger partial charge is 0.363 e. The number of carbonyl (C=O) groups is 2. The number of cyclic esters (lactones) is 1. The zero-order chi connectivity index (χ0) is 23.5. The third kappa shape index (κ3) is 5.20. The minimum atomic E-state index is -0.669. The van der Waals surface area contributed by atoms with Gasteiger partial charge < -0.3 is 14.2 Å². The number of nitrogens with zero attached hydrogens (tertiary/aromatic N) is 1. The fraction of sp³-hybridized carbons (Fsp3) is 0.0417. The Labute approximate surface area is 204 Å². The van der Waals surface area contributed by atoms with Gasteiger partial charge in [-0.15, -0.1) is 0 Å². The number of carbonyl (C=O) groups excluding carboxylic acids is 2. The van der Waals surface area contributed by atoms with Crippen molar-refractivity contribution in [3.8, 4) is 11.5 Å². The summed E-state index contributed by atoms with van der Waals surface area (Å²) in [6.45, 7) is 0. The predicted octanol–water partition coefficient (Wildman–Crippen LogP) is 6.22. The highest BCUT2D eigenvalue weighted by Gasteiger charge is 2.24. The zero-order valence-corrected chi connectivity index (χ0v) is 19.2. The molecule has 0 N–H and O–H groups in total. The molecule has 1 aliphatic rings. The molecule has 0 spiro atoms. The van der Waals surface area contributed by atoms with Crippen molar-refractivity contribution in [3.63, 3.8) is 0 Å².